The summed E-state index contributed by atoms with van der Waals surface area (Å²) < 4.78 is 0. The van der Waals surface area contributed by atoms with Gasteiger partial charge in [-0.3, -0.25) is 25.4 Å². The normalized spacial score (nSPS) is 12.6. The number of aliphatic carboxylic acids is 1. The number of rotatable bonds is 7. The van der Waals surface area contributed by atoms with Gasteiger partial charge in [0.1, 0.15) is 6.04 Å². The molecule has 1 rings (SSSR count). The zero-order chi connectivity index (χ0) is 15.0. The Bertz CT molecular complexity index is 486. The number of hydrogen-bond acceptors (Lipinski definition) is 4. The molecule has 0 bridgehead atoms. The number of carbonyl (C=O) groups is 2. The van der Waals surface area contributed by atoms with Crippen LogP contribution in [0.15, 0.2) is 35.3 Å². The van der Waals surface area contributed by atoms with Crippen LogP contribution in [0, 0.1) is 0 Å². The highest BCUT2D eigenvalue weighted by atomic mass is 16.4. The average molecular weight is 277 g/mol. The van der Waals surface area contributed by atoms with Crippen molar-refractivity contribution in [1.82, 2.24) is 5.43 Å². The molecule has 6 nitrogen and oxygen atoms in total. The molecule has 6 heteroatoms. The highest BCUT2D eigenvalue weighted by Gasteiger charge is 2.11. The van der Waals surface area contributed by atoms with E-state index in [-0.39, 0.29) is 12.3 Å². The van der Waals surface area contributed by atoms with Crippen LogP contribution in [-0.4, -0.2) is 28.7 Å². The van der Waals surface area contributed by atoms with Crippen molar-refractivity contribution in [1.29, 1.82) is 0 Å². The van der Waals surface area contributed by atoms with Gasteiger partial charge in [-0.2, -0.15) is 0 Å². The Hall–Kier alpha value is -2.37. The molecule has 0 fully saturated rings. The van der Waals surface area contributed by atoms with Gasteiger partial charge in [-0.05, 0) is 32.4 Å². The number of para-hydroxylation sites is 1. The van der Waals surface area contributed by atoms with Crippen molar-refractivity contribution < 1.29 is 14.7 Å². The summed E-state index contributed by atoms with van der Waals surface area (Å²) in [5.41, 5.74) is 6.77. The molecular formula is C14H19N3O3. The number of nitrogens with zero attached hydrogens (tertiary/aromatic N) is 1. The lowest BCUT2D eigenvalue weighted by molar-refractivity contribution is -0.136. The summed E-state index contributed by atoms with van der Waals surface area (Å²) in [5, 5.41) is 8.57. The Morgan fingerprint density at radius 2 is 1.90 bits per heavy atom. The quantitative estimate of drug-likeness (QED) is 0.524. The molecule has 0 spiro atoms. The van der Waals surface area contributed by atoms with E-state index >= 15 is 0 Å². The second-order valence-electron chi connectivity index (χ2n) is 4.41. The fourth-order valence-electron chi connectivity index (χ4n) is 1.50. The van der Waals surface area contributed by atoms with Crippen LogP contribution in [0.2, 0.25) is 0 Å². The van der Waals surface area contributed by atoms with Crippen molar-refractivity contribution in [2.45, 2.75) is 32.7 Å². The molecule has 0 aliphatic heterocycles. The number of hydrogen-bond donors (Lipinski definition) is 3. The minimum atomic E-state index is -0.873. The third-order valence-electron chi connectivity index (χ3n) is 2.60. The van der Waals surface area contributed by atoms with Gasteiger partial charge >= 0.3 is 5.97 Å². The number of hydrazine groups is 1. The lowest BCUT2D eigenvalue weighted by atomic mass is 10.2. The molecule has 1 amide bonds. The summed E-state index contributed by atoms with van der Waals surface area (Å²) >= 11 is 0. The largest absolute Gasteiger partial charge is 0.481 e. The van der Waals surface area contributed by atoms with Crippen LogP contribution in [0.3, 0.4) is 0 Å². The molecule has 0 aromatic heterocycles. The second-order valence-corrected chi connectivity index (χ2v) is 4.41. The Balaban J connectivity index is 2.42. The van der Waals surface area contributed by atoms with Gasteiger partial charge in [0.2, 0.25) is 0 Å². The molecule has 1 aromatic carbocycles. The van der Waals surface area contributed by atoms with E-state index in [1.807, 2.05) is 30.3 Å². The molecule has 0 saturated heterocycles. The van der Waals surface area contributed by atoms with Crippen LogP contribution in [-0.2, 0) is 9.59 Å². The molecular weight excluding hydrogens is 258 g/mol. The standard InChI is InChI=1S/C14H19N3O3/c1-10(8-9-13(18)19)15-11(2)14(20)17-16-12-6-4-3-5-7-12/h3-7,11,16H,8-9H2,1-2H3,(H,17,20)(H,18,19)/t11-/m0/s1. The Labute approximate surface area is 117 Å². The first-order valence-corrected chi connectivity index (χ1v) is 6.35. The smallest absolute Gasteiger partial charge is 0.303 e. The fraction of sp³-hybridized carbons (Fsp3) is 0.357. The molecule has 20 heavy (non-hydrogen) atoms. The second kappa shape index (κ2) is 7.93. The SMILES string of the molecule is CC(CCC(=O)O)=N[C@@H](C)C(=O)NNc1ccccc1. The molecule has 0 heterocycles. The van der Waals surface area contributed by atoms with E-state index in [0.29, 0.717) is 12.1 Å². The van der Waals surface area contributed by atoms with Crippen molar-refractivity contribution in [3.63, 3.8) is 0 Å². The van der Waals surface area contributed by atoms with Gasteiger partial charge in [-0.25, -0.2) is 0 Å². The first kappa shape index (κ1) is 15.7. The first-order chi connectivity index (χ1) is 9.49. The third kappa shape index (κ3) is 5.99. The topological polar surface area (TPSA) is 90.8 Å². The molecule has 0 radical (unpaired) electrons. The van der Waals surface area contributed by atoms with E-state index in [0.717, 1.165) is 5.69 Å². The van der Waals surface area contributed by atoms with Crippen molar-refractivity contribution in [2.75, 3.05) is 5.43 Å². The number of carboxylic acids is 1. The van der Waals surface area contributed by atoms with Gasteiger partial charge in [0.25, 0.3) is 5.91 Å². The van der Waals surface area contributed by atoms with E-state index in [9.17, 15) is 9.59 Å². The summed E-state index contributed by atoms with van der Waals surface area (Å²) in [7, 11) is 0. The Morgan fingerprint density at radius 1 is 1.25 bits per heavy atom. The predicted molar refractivity (Wildman–Crippen MR) is 77.6 cm³/mol. The highest BCUT2D eigenvalue weighted by Crippen LogP contribution is 2.03. The summed E-state index contributed by atoms with van der Waals surface area (Å²) in [6.07, 6.45) is 0.366. The van der Waals surface area contributed by atoms with Crippen LogP contribution in [0.4, 0.5) is 5.69 Å². The number of benzene rings is 1. The van der Waals surface area contributed by atoms with Crippen LogP contribution < -0.4 is 10.9 Å². The van der Waals surface area contributed by atoms with E-state index in [1.165, 1.54) is 0 Å². The number of aliphatic imine (C=N–C) groups is 1. The third-order valence-corrected chi connectivity index (χ3v) is 2.60. The maximum Gasteiger partial charge on any atom is 0.303 e. The van der Waals surface area contributed by atoms with Crippen LogP contribution in [0.5, 0.6) is 0 Å². The minimum Gasteiger partial charge on any atom is -0.481 e. The van der Waals surface area contributed by atoms with Crippen LogP contribution >= 0.6 is 0 Å². The zero-order valence-electron chi connectivity index (χ0n) is 11.6. The first-order valence-electron chi connectivity index (χ1n) is 6.35. The summed E-state index contributed by atoms with van der Waals surface area (Å²) in [5.74, 6) is -1.15. The summed E-state index contributed by atoms with van der Waals surface area (Å²) in [4.78, 5) is 26.4. The number of anilines is 1. The van der Waals surface area contributed by atoms with E-state index in [2.05, 4.69) is 15.8 Å². The van der Waals surface area contributed by atoms with E-state index in [1.54, 1.807) is 13.8 Å². The van der Waals surface area contributed by atoms with Gasteiger partial charge in [0.05, 0.1) is 12.1 Å². The average Bonchev–Trinajstić information content (AvgIpc) is 2.43. The molecule has 0 unspecified atom stereocenters. The predicted octanol–water partition coefficient (Wildman–Crippen LogP) is 1.84. The molecule has 1 atom stereocenters. The monoisotopic (exact) mass is 277 g/mol. The van der Waals surface area contributed by atoms with Gasteiger partial charge in [0.15, 0.2) is 0 Å². The molecule has 0 saturated carbocycles. The summed E-state index contributed by atoms with van der Waals surface area (Å²) in [6, 6.07) is 8.67. The lowest BCUT2D eigenvalue weighted by Gasteiger charge is -2.11. The minimum absolute atomic E-state index is 0.0198. The van der Waals surface area contributed by atoms with Crippen molar-refractivity contribution in [3.05, 3.63) is 30.3 Å². The molecule has 0 aliphatic rings. The number of carboxylic acid groups (broad SMARTS) is 1. The van der Waals surface area contributed by atoms with E-state index in [4.69, 9.17) is 5.11 Å². The lowest BCUT2D eigenvalue weighted by Crippen LogP contribution is -2.36. The van der Waals surface area contributed by atoms with Crippen molar-refractivity contribution in [3.8, 4) is 0 Å². The fourth-order valence-corrected chi connectivity index (χ4v) is 1.50. The van der Waals surface area contributed by atoms with Gasteiger partial charge in [-0.15, -0.1) is 0 Å². The Kier molecular flexibility index (Phi) is 6.22. The maximum atomic E-state index is 11.8. The van der Waals surface area contributed by atoms with Gasteiger partial charge < -0.3 is 5.11 Å². The van der Waals surface area contributed by atoms with Crippen molar-refractivity contribution >= 4 is 23.3 Å². The molecule has 3 N–H and O–H groups in total. The Morgan fingerprint density at radius 3 is 2.50 bits per heavy atom. The zero-order valence-corrected chi connectivity index (χ0v) is 11.6. The molecule has 0 aliphatic carbocycles. The maximum absolute atomic E-state index is 11.8. The molecule has 1 aromatic rings. The van der Waals surface area contributed by atoms with E-state index < -0.39 is 12.0 Å². The van der Waals surface area contributed by atoms with Crippen LogP contribution in [0.1, 0.15) is 26.7 Å². The van der Waals surface area contributed by atoms with Crippen LogP contribution in [0.25, 0.3) is 0 Å². The number of nitrogens with one attached hydrogen (secondary N) is 2. The van der Waals surface area contributed by atoms with Crippen molar-refractivity contribution in [2.24, 2.45) is 4.99 Å². The van der Waals surface area contributed by atoms with Gasteiger partial charge in [0, 0.05) is 5.71 Å². The number of carbonyl (C=O) groups excluding carboxylic acids is 1. The highest BCUT2D eigenvalue weighted by molar-refractivity contribution is 5.89. The summed E-state index contributed by atoms with van der Waals surface area (Å²) in [6.45, 7) is 3.38. The van der Waals surface area contributed by atoms with Gasteiger partial charge in [-0.1, -0.05) is 18.2 Å². The molecule has 108 valence electrons. The number of amides is 1.